The molecule has 4 heteroatoms. The molecule has 0 radical (unpaired) electrons. The summed E-state index contributed by atoms with van der Waals surface area (Å²) in [5, 5.41) is 17.5. The zero-order valence-electron chi connectivity index (χ0n) is 11.3. The number of nitrogens with zero attached hydrogens (tertiary/aromatic N) is 4. The van der Waals surface area contributed by atoms with Crippen molar-refractivity contribution in [3.63, 3.8) is 0 Å². The Morgan fingerprint density at radius 2 is 1.89 bits per heavy atom. The fourth-order valence-corrected chi connectivity index (χ4v) is 2.13. The van der Waals surface area contributed by atoms with Gasteiger partial charge in [0.1, 0.15) is 0 Å². The number of aromatic nitrogens is 2. The number of nitriles is 1. The van der Waals surface area contributed by atoms with Crippen molar-refractivity contribution in [1.82, 2.24) is 10.2 Å². The van der Waals surface area contributed by atoms with Crippen LogP contribution in [0.25, 0.3) is 0 Å². The van der Waals surface area contributed by atoms with Gasteiger partial charge in [0.2, 0.25) is 0 Å². The Bertz CT molecular complexity index is 430. The number of piperidine rings is 1. The highest BCUT2D eigenvalue weighted by Crippen LogP contribution is 2.23. The second kappa shape index (κ2) is 4.93. The summed E-state index contributed by atoms with van der Waals surface area (Å²) in [6.07, 6.45) is 1.86. The predicted molar refractivity (Wildman–Crippen MR) is 71.3 cm³/mol. The summed E-state index contributed by atoms with van der Waals surface area (Å²) in [7, 11) is 0. The van der Waals surface area contributed by atoms with E-state index in [1.165, 1.54) is 0 Å². The van der Waals surface area contributed by atoms with Gasteiger partial charge in [-0.2, -0.15) is 10.4 Å². The molecule has 4 nitrogen and oxygen atoms in total. The van der Waals surface area contributed by atoms with E-state index in [2.05, 4.69) is 48.0 Å². The topological polar surface area (TPSA) is 52.8 Å². The molecule has 1 saturated heterocycles. The van der Waals surface area contributed by atoms with Crippen LogP contribution in [0.3, 0.4) is 0 Å². The summed E-state index contributed by atoms with van der Waals surface area (Å²) in [6, 6.07) is 6.44. The van der Waals surface area contributed by atoms with Gasteiger partial charge in [-0.3, -0.25) is 0 Å². The molecule has 96 valence electrons. The van der Waals surface area contributed by atoms with Crippen molar-refractivity contribution < 1.29 is 0 Å². The Hall–Kier alpha value is -1.63. The number of hydrogen-bond acceptors (Lipinski definition) is 4. The molecule has 1 aromatic heterocycles. The van der Waals surface area contributed by atoms with Gasteiger partial charge in [-0.25, -0.2) is 0 Å². The van der Waals surface area contributed by atoms with E-state index in [1.807, 2.05) is 6.07 Å². The van der Waals surface area contributed by atoms with Crippen LogP contribution in [-0.4, -0.2) is 23.3 Å². The summed E-state index contributed by atoms with van der Waals surface area (Å²) in [4.78, 5) is 2.22. The predicted octanol–water partition coefficient (Wildman–Crippen LogP) is 2.51. The van der Waals surface area contributed by atoms with Gasteiger partial charge < -0.3 is 4.90 Å². The van der Waals surface area contributed by atoms with Crippen molar-refractivity contribution in [2.75, 3.05) is 18.0 Å². The maximum atomic E-state index is 8.88. The normalized spacial score (nSPS) is 17.6. The van der Waals surface area contributed by atoms with Crippen molar-refractivity contribution in [3.05, 3.63) is 17.8 Å². The molecule has 1 fully saturated rings. The van der Waals surface area contributed by atoms with Gasteiger partial charge in [-0.05, 0) is 25.0 Å². The lowest BCUT2D eigenvalue weighted by Crippen LogP contribution is -2.34. The highest BCUT2D eigenvalue weighted by atomic mass is 15.3. The molecule has 2 rings (SSSR count). The van der Waals surface area contributed by atoms with E-state index in [4.69, 9.17) is 5.26 Å². The molecule has 0 spiro atoms. The minimum absolute atomic E-state index is 0.0410. The van der Waals surface area contributed by atoms with Crippen molar-refractivity contribution in [2.24, 2.45) is 5.92 Å². The minimum atomic E-state index is 0.0410. The first-order valence-corrected chi connectivity index (χ1v) is 6.49. The molecule has 2 heterocycles. The number of hydrogen-bond donors (Lipinski definition) is 0. The van der Waals surface area contributed by atoms with E-state index >= 15 is 0 Å². The lowest BCUT2D eigenvalue weighted by molar-refractivity contribution is 0.482. The SMILES string of the molecule is CC(C)(C)c1ccc(N2CCC(C#N)CC2)nn1. The summed E-state index contributed by atoms with van der Waals surface area (Å²) in [5.41, 5.74) is 1.05. The molecule has 0 amide bonds. The van der Waals surface area contributed by atoms with Crippen LogP contribution in [0, 0.1) is 17.2 Å². The third-order valence-electron chi connectivity index (χ3n) is 3.42. The first kappa shape index (κ1) is 12.8. The third-order valence-corrected chi connectivity index (χ3v) is 3.42. The number of anilines is 1. The zero-order chi connectivity index (χ0) is 13.2. The Morgan fingerprint density at radius 3 is 2.33 bits per heavy atom. The van der Waals surface area contributed by atoms with Crippen molar-refractivity contribution in [3.8, 4) is 6.07 Å². The van der Waals surface area contributed by atoms with E-state index in [9.17, 15) is 0 Å². The molecule has 1 aliphatic rings. The second-order valence-electron chi connectivity index (χ2n) is 5.92. The molecule has 0 saturated carbocycles. The lowest BCUT2D eigenvalue weighted by atomic mass is 9.92. The molecule has 1 aliphatic heterocycles. The van der Waals surface area contributed by atoms with Gasteiger partial charge in [-0.15, -0.1) is 5.10 Å². The molecule has 1 aromatic rings. The van der Waals surface area contributed by atoms with E-state index in [1.54, 1.807) is 0 Å². The summed E-state index contributed by atoms with van der Waals surface area (Å²) >= 11 is 0. The van der Waals surface area contributed by atoms with Crippen LogP contribution in [0.15, 0.2) is 12.1 Å². The average Bonchev–Trinajstić information content (AvgIpc) is 2.38. The summed E-state index contributed by atoms with van der Waals surface area (Å²) in [5.74, 6) is 1.14. The molecular formula is C14H20N4. The van der Waals surface area contributed by atoms with Crippen molar-refractivity contribution in [1.29, 1.82) is 5.26 Å². The highest BCUT2D eigenvalue weighted by molar-refractivity contribution is 5.38. The van der Waals surface area contributed by atoms with E-state index in [0.717, 1.165) is 37.4 Å². The van der Waals surface area contributed by atoms with Gasteiger partial charge in [0.05, 0.1) is 11.8 Å². The smallest absolute Gasteiger partial charge is 0.151 e. The van der Waals surface area contributed by atoms with Crippen LogP contribution in [0.5, 0.6) is 0 Å². The Morgan fingerprint density at radius 1 is 1.22 bits per heavy atom. The van der Waals surface area contributed by atoms with Crippen LogP contribution < -0.4 is 4.90 Å². The lowest BCUT2D eigenvalue weighted by Gasteiger charge is -2.30. The van der Waals surface area contributed by atoms with Crippen LogP contribution >= 0.6 is 0 Å². The zero-order valence-corrected chi connectivity index (χ0v) is 11.3. The van der Waals surface area contributed by atoms with Gasteiger partial charge >= 0.3 is 0 Å². The molecular weight excluding hydrogens is 224 g/mol. The van der Waals surface area contributed by atoms with Crippen LogP contribution in [0.1, 0.15) is 39.3 Å². The number of rotatable bonds is 1. The Balaban J connectivity index is 2.05. The molecule has 18 heavy (non-hydrogen) atoms. The summed E-state index contributed by atoms with van der Waals surface area (Å²) < 4.78 is 0. The maximum absolute atomic E-state index is 8.88. The molecule has 0 aliphatic carbocycles. The fourth-order valence-electron chi connectivity index (χ4n) is 2.13. The summed E-state index contributed by atoms with van der Waals surface area (Å²) in [6.45, 7) is 8.21. The largest absolute Gasteiger partial charge is 0.355 e. The third kappa shape index (κ3) is 2.79. The molecule has 0 unspecified atom stereocenters. The maximum Gasteiger partial charge on any atom is 0.151 e. The van der Waals surface area contributed by atoms with Crippen LogP contribution in [-0.2, 0) is 5.41 Å². The average molecular weight is 244 g/mol. The second-order valence-corrected chi connectivity index (χ2v) is 5.92. The molecule has 0 aromatic carbocycles. The Kier molecular flexibility index (Phi) is 3.51. The van der Waals surface area contributed by atoms with Gasteiger partial charge in [0.25, 0.3) is 0 Å². The molecule has 0 bridgehead atoms. The Labute approximate surface area is 109 Å². The first-order valence-electron chi connectivity index (χ1n) is 6.49. The molecule has 0 atom stereocenters. The van der Waals surface area contributed by atoms with Gasteiger partial charge in [0, 0.05) is 24.4 Å². The fraction of sp³-hybridized carbons (Fsp3) is 0.643. The van der Waals surface area contributed by atoms with E-state index in [0.29, 0.717) is 0 Å². The van der Waals surface area contributed by atoms with Gasteiger partial charge in [0.15, 0.2) is 5.82 Å². The standard InChI is InChI=1S/C14H20N4/c1-14(2,3)12-4-5-13(17-16-12)18-8-6-11(10-15)7-9-18/h4-5,11H,6-9H2,1-3H3. The van der Waals surface area contributed by atoms with Crippen molar-refractivity contribution >= 4 is 5.82 Å². The van der Waals surface area contributed by atoms with Crippen LogP contribution in [0.2, 0.25) is 0 Å². The minimum Gasteiger partial charge on any atom is -0.355 e. The quantitative estimate of drug-likeness (QED) is 0.761. The van der Waals surface area contributed by atoms with Crippen molar-refractivity contribution in [2.45, 2.75) is 39.0 Å². The monoisotopic (exact) mass is 244 g/mol. The van der Waals surface area contributed by atoms with E-state index in [-0.39, 0.29) is 11.3 Å². The van der Waals surface area contributed by atoms with E-state index < -0.39 is 0 Å². The molecule has 0 N–H and O–H groups in total. The first-order chi connectivity index (χ1) is 8.50. The highest BCUT2D eigenvalue weighted by Gasteiger charge is 2.21. The van der Waals surface area contributed by atoms with Crippen LogP contribution in [0.4, 0.5) is 5.82 Å². The van der Waals surface area contributed by atoms with Gasteiger partial charge in [-0.1, -0.05) is 20.8 Å².